The number of halogens is 6. The van der Waals surface area contributed by atoms with Crippen LogP contribution in [0.4, 0.5) is 26.3 Å². The first-order chi connectivity index (χ1) is 7.62. The van der Waals surface area contributed by atoms with E-state index in [4.69, 9.17) is 0 Å². The smallest absolute Gasteiger partial charge is 0.166 e. The highest BCUT2D eigenvalue weighted by atomic mass is 32.2. The Hall–Kier alpha value is -0.850. The molecule has 17 heavy (non-hydrogen) atoms. The average molecular weight is 274 g/mol. The standard InChI is InChI=1S/C10H8F6S/c1-2-6-3-7(9(11,12)13)5-8(4-6)17-10(14,15)16/h3-5H,2H2,1H3. The zero-order chi connectivity index (χ0) is 13.3. The predicted octanol–water partition coefficient (Wildman–Crippen LogP) is 4.88. The van der Waals surface area contributed by atoms with Gasteiger partial charge in [-0.3, -0.25) is 0 Å². The Balaban J connectivity index is 3.15. The van der Waals surface area contributed by atoms with E-state index in [0.717, 1.165) is 12.1 Å². The molecule has 1 aromatic carbocycles. The largest absolute Gasteiger partial charge is 0.446 e. The van der Waals surface area contributed by atoms with Crippen LogP contribution in [0.5, 0.6) is 0 Å². The summed E-state index contributed by atoms with van der Waals surface area (Å²) in [5, 5.41) is 0. The maximum Gasteiger partial charge on any atom is 0.446 e. The molecule has 1 rings (SSSR count). The third kappa shape index (κ3) is 4.49. The van der Waals surface area contributed by atoms with Crippen LogP contribution in [0.15, 0.2) is 23.1 Å². The van der Waals surface area contributed by atoms with Crippen molar-refractivity contribution in [3.05, 3.63) is 29.3 Å². The summed E-state index contributed by atoms with van der Waals surface area (Å²) < 4.78 is 73.5. The van der Waals surface area contributed by atoms with Gasteiger partial charge in [0, 0.05) is 4.90 Å². The molecule has 0 spiro atoms. The van der Waals surface area contributed by atoms with Crippen molar-refractivity contribution in [2.24, 2.45) is 0 Å². The van der Waals surface area contributed by atoms with Crippen LogP contribution in [0.25, 0.3) is 0 Å². The first-order valence-electron chi connectivity index (χ1n) is 4.58. The van der Waals surface area contributed by atoms with Crippen molar-refractivity contribution < 1.29 is 26.3 Å². The van der Waals surface area contributed by atoms with Crippen molar-refractivity contribution in [3.63, 3.8) is 0 Å². The Bertz CT molecular complexity index is 393. The van der Waals surface area contributed by atoms with E-state index in [1.807, 2.05) is 0 Å². The van der Waals surface area contributed by atoms with E-state index < -0.39 is 33.9 Å². The van der Waals surface area contributed by atoms with Crippen LogP contribution in [0.2, 0.25) is 0 Å². The Morgan fingerprint density at radius 3 is 2.00 bits per heavy atom. The van der Waals surface area contributed by atoms with Gasteiger partial charge in [-0.2, -0.15) is 26.3 Å². The first-order valence-corrected chi connectivity index (χ1v) is 5.40. The predicted molar refractivity (Wildman–Crippen MR) is 52.7 cm³/mol. The van der Waals surface area contributed by atoms with Crippen LogP contribution in [0, 0.1) is 0 Å². The van der Waals surface area contributed by atoms with E-state index in [0.29, 0.717) is 6.07 Å². The van der Waals surface area contributed by atoms with Gasteiger partial charge >= 0.3 is 11.7 Å². The number of hydrogen-bond acceptors (Lipinski definition) is 1. The molecule has 96 valence electrons. The summed E-state index contributed by atoms with van der Waals surface area (Å²) >= 11 is -0.539. The highest BCUT2D eigenvalue weighted by Crippen LogP contribution is 2.40. The molecule has 0 N–H and O–H groups in total. The number of thioether (sulfide) groups is 1. The van der Waals surface area contributed by atoms with E-state index in [-0.39, 0.29) is 12.0 Å². The molecule has 0 nitrogen and oxygen atoms in total. The second-order valence-electron chi connectivity index (χ2n) is 3.26. The Morgan fingerprint density at radius 2 is 1.59 bits per heavy atom. The number of hydrogen-bond donors (Lipinski definition) is 0. The molecule has 0 bridgehead atoms. The Labute approximate surface area is 98.0 Å². The lowest BCUT2D eigenvalue weighted by Gasteiger charge is -2.12. The van der Waals surface area contributed by atoms with Crippen molar-refractivity contribution in [1.82, 2.24) is 0 Å². The fourth-order valence-electron chi connectivity index (χ4n) is 1.22. The van der Waals surface area contributed by atoms with Crippen LogP contribution in [0.1, 0.15) is 18.1 Å². The van der Waals surface area contributed by atoms with Crippen molar-refractivity contribution in [3.8, 4) is 0 Å². The molecule has 0 aliphatic carbocycles. The SMILES string of the molecule is CCc1cc(SC(F)(F)F)cc(C(F)(F)F)c1. The van der Waals surface area contributed by atoms with Crippen molar-refractivity contribution >= 4 is 11.8 Å². The molecule has 7 heteroatoms. The van der Waals surface area contributed by atoms with E-state index in [2.05, 4.69) is 0 Å². The van der Waals surface area contributed by atoms with Crippen molar-refractivity contribution in [2.75, 3.05) is 0 Å². The van der Waals surface area contributed by atoms with Crippen LogP contribution in [0.3, 0.4) is 0 Å². The van der Waals surface area contributed by atoms with Crippen molar-refractivity contribution in [2.45, 2.75) is 29.9 Å². The second kappa shape index (κ2) is 4.80. The number of aryl methyl sites for hydroxylation is 1. The van der Waals surface area contributed by atoms with Gasteiger partial charge in [0.2, 0.25) is 0 Å². The monoisotopic (exact) mass is 274 g/mol. The highest BCUT2D eigenvalue weighted by Gasteiger charge is 2.34. The van der Waals surface area contributed by atoms with Crippen LogP contribution >= 0.6 is 11.8 Å². The van der Waals surface area contributed by atoms with Gasteiger partial charge < -0.3 is 0 Å². The van der Waals surface area contributed by atoms with Gasteiger partial charge in [0.15, 0.2) is 0 Å². The average Bonchev–Trinajstić information content (AvgIpc) is 2.13. The van der Waals surface area contributed by atoms with E-state index >= 15 is 0 Å². The summed E-state index contributed by atoms with van der Waals surface area (Å²) in [6.07, 6.45) is -4.39. The zero-order valence-electron chi connectivity index (χ0n) is 8.62. The van der Waals surface area contributed by atoms with Gasteiger partial charge in [0.1, 0.15) is 0 Å². The molecular weight excluding hydrogens is 266 g/mol. The normalized spacial score (nSPS) is 12.9. The number of alkyl halides is 6. The summed E-state index contributed by atoms with van der Waals surface area (Å²) in [4.78, 5) is -0.441. The molecule has 0 aliphatic heterocycles. The number of benzene rings is 1. The minimum atomic E-state index is -4.63. The lowest BCUT2D eigenvalue weighted by atomic mass is 10.1. The first kappa shape index (κ1) is 14.2. The quantitative estimate of drug-likeness (QED) is 0.547. The van der Waals surface area contributed by atoms with Crippen LogP contribution in [-0.4, -0.2) is 5.51 Å². The highest BCUT2D eigenvalue weighted by molar-refractivity contribution is 8.00. The molecule has 0 saturated heterocycles. The summed E-state index contributed by atoms with van der Waals surface area (Å²) in [5.74, 6) is 0. The summed E-state index contributed by atoms with van der Waals surface area (Å²) in [5.41, 5.74) is -5.41. The molecule has 0 saturated carbocycles. The molecule has 1 aromatic rings. The van der Waals surface area contributed by atoms with Crippen LogP contribution in [-0.2, 0) is 12.6 Å². The molecule has 0 unspecified atom stereocenters. The maximum absolute atomic E-state index is 12.4. The third-order valence-electron chi connectivity index (χ3n) is 1.94. The van der Waals surface area contributed by atoms with E-state index in [9.17, 15) is 26.3 Å². The van der Waals surface area contributed by atoms with Gasteiger partial charge in [-0.1, -0.05) is 6.92 Å². The van der Waals surface area contributed by atoms with Gasteiger partial charge in [-0.05, 0) is 41.9 Å². The zero-order valence-corrected chi connectivity index (χ0v) is 9.43. The topological polar surface area (TPSA) is 0 Å². The van der Waals surface area contributed by atoms with Gasteiger partial charge in [0.25, 0.3) is 0 Å². The Kier molecular flexibility index (Phi) is 4.01. The summed E-state index contributed by atoms with van der Waals surface area (Å²) in [6, 6.07) is 2.49. The van der Waals surface area contributed by atoms with Gasteiger partial charge in [0.05, 0.1) is 5.56 Å². The third-order valence-corrected chi connectivity index (χ3v) is 2.64. The summed E-state index contributed by atoms with van der Waals surface area (Å²) in [6.45, 7) is 1.58. The molecule has 0 heterocycles. The minimum absolute atomic E-state index is 0.228. The molecule has 0 aromatic heterocycles. The lowest BCUT2D eigenvalue weighted by Crippen LogP contribution is -2.07. The fourth-order valence-corrected chi connectivity index (χ4v) is 1.88. The van der Waals surface area contributed by atoms with Gasteiger partial charge in [-0.25, -0.2) is 0 Å². The van der Waals surface area contributed by atoms with E-state index in [1.165, 1.54) is 0 Å². The fraction of sp³-hybridized carbons (Fsp3) is 0.400. The molecule has 0 aliphatic rings. The molecule has 0 radical (unpaired) electrons. The number of rotatable bonds is 2. The molecule has 0 amide bonds. The van der Waals surface area contributed by atoms with Crippen molar-refractivity contribution in [1.29, 1.82) is 0 Å². The van der Waals surface area contributed by atoms with Gasteiger partial charge in [-0.15, -0.1) is 0 Å². The van der Waals surface area contributed by atoms with E-state index in [1.54, 1.807) is 6.92 Å². The maximum atomic E-state index is 12.4. The molecular formula is C10H8F6S. The second-order valence-corrected chi connectivity index (χ2v) is 4.40. The summed E-state index contributed by atoms with van der Waals surface area (Å²) in [7, 11) is 0. The molecule has 0 atom stereocenters. The Morgan fingerprint density at radius 1 is 1.00 bits per heavy atom. The lowest BCUT2D eigenvalue weighted by molar-refractivity contribution is -0.137. The minimum Gasteiger partial charge on any atom is -0.166 e. The molecule has 0 fully saturated rings. The van der Waals surface area contributed by atoms with Crippen LogP contribution < -0.4 is 0 Å².